The number of non-ortho nitro benzene ring substituents is 1. The van der Waals surface area contributed by atoms with Gasteiger partial charge >= 0.3 is 5.97 Å². The van der Waals surface area contributed by atoms with Crippen molar-refractivity contribution in [1.82, 2.24) is 0 Å². The van der Waals surface area contributed by atoms with Gasteiger partial charge in [-0.3, -0.25) is 14.9 Å². The number of hydrogen-bond donors (Lipinski definition) is 0. The van der Waals surface area contributed by atoms with Crippen molar-refractivity contribution in [3.05, 3.63) is 78.2 Å². The molecule has 0 radical (unpaired) electrons. The summed E-state index contributed by atoms with van der Waals surface area (Å²) in [4.78, 5) is 36.1. The number of nitriles is 2. The summed E-state index contributed by atoms with van der Waals surface area (Å²) in [5, 5.41) is 30.0. The highest BCUT2D eigenvalue weighted by atomic mass is 32.1. The van der Waals surface area contributed by atoms with E-state index in [0.717, 1.165) is 11.3 Å². The molecule has 1 aromatic carbocycles. The van der Waals surface area contributed by atoms with Crippen LogP contribution in [0.1, 0.15) is 43.9 Å². The predicted octanol–water partition coefficient (Wildman–Crippen LogP) is 5.30. The number of ether oxygens (including phenoxy) is 1. The average molecular weight is 490 g/mol. The van der Waals surface area contributed by atoms with Crippen molar-refractivity contribution >= 4 is 34.9 Å². The Morgan fingerprint density at radius 1 is 1.23 bits per heavy atom. The molecule has 176 valence electrons. The number of benzene rings is 1. The summed E-state index contributed by atoms with van der Waals surface area (Å²) in [5.74, 6) is -0.429. The van der Waals surface area contributed by atoms with E-state index in [-0.39, 0.29) is 40.5 Å². The van der Waals surface area contributed by atoms with Crippen LogP contribution in [0.5, 0.6) is 0 Å². The number of allylic oxidation sites excluding steroid dienone is 1. The first-order valence-corrected chi connectivity index (χ1v) is 11.2. The van der Waals surface area contributed by atoms with E-state index in [9.17, 15) is 30.2 Å². The molecule has 2 heterocycles. The van der Waals surface area contributed by atoms with Gasteiger partial charge in [0, 0.05) is 35.1 Å². The second-order valence-corrected chi connectivity index (χ2v) is 8.52. The third kappa shape index (κ3) is 5.35. The highest BCUT2D eigenvalue weighted by Crippen LogP contribution is 2.31. The van der Waals surface area contributed by atoms with Gasteiger partial charge in [-0.05, 0) is 50.1 Å². The van der Waals surface area contributed by atoms with Crippen LogP contribution >= 0.6 is 11.3 Å². The number of furan rings is 1. The first-order valence-electron chi connectivity index (χ1n) is 10.4. The van der Waals surface area contributed by atoms with Crippen LogP contribution in [-0.4, -0.2) is 23.3 Å². The van der Waals surface area contributed by atoms with Crippen LogP contribution in [-0.2, 0) is 16.0 Å². The Labute approximate surface area is 204 Å². The van der Waals surface area contributed by atoms with E-state index >= 15 is 0 Å². The molecule has 3 rings (SSSR count). The van der Waals surface area contributed by atoms with Crippen LogP contribution in [0.25, 0.3) is 17.4 Å². The molecule has 0 N–H and O–H groups in total. The Hall–Kier alpha value is -4.54. The number of aryl methyl sites for hydroxylation is 1. The molecular formula is C25H19N3O6S. The van der Waals surface area contributed by atoms with Gasteiger partial charge in [-0.15, -0.1) is 11.3 Å². The number of nitrogens with zero attached hydrogens (tertiary/aromatic N) is 3. The van der Waals surface area contributed by atoms with Gasteiger partial charge in [0.1, 0.15) is 28.5 Å². The molecule has 2 aromatic heterocycles. The van der Waals surface area contributed by atoms with Crippen LogP contribution in [0, 0.1) is 46.6 Å². The summed E-state index contributed by atoms with van der Waals surface area (Å²) in [5.41, 5.74) is 1.71. The number of carbonyl (C=O) groups is 2. The lowest BCUT2D eigenvalue weighted by Crippen LogP contribution is -2.05. The van der Waals surface area contributed by atoms with Crippen molar-refractivity contribution in [2.75, 3.05) is 6.61 Å². The van der Waals surface area contributed by atoms with Crippen LogP contribution in [0.3, 0.4) is 0 Å². The van der Waals surface area contributed by atoms with Gasteiger partial charge in [0.2, 0.25) is 0 Å². The summed E-state index contributed by atoms with van der Waals surface area (Å²) in [6.45, 7) is 5.17. The molecular weight excluding hydrogens is 470 g/mol. The van der Waals surface area contributed by atoms with Gasteiger partial charge in [-0.2, -0.15) is 10.5 Å². The predicted molar refractivity (Wildman–Crippen MR) is 128 cm³/mol. The molecule has 35 heavy (non-hydrogen) atoms. The van der Waals surface area contributed by atoms with Crippen LogP contribution in [0.2, 0.25) is 0 Å². The summed E-state index contributed by atoms with van der Waals surface area (Å²) < 4.78 is 10.8. The maximum absolute atomic E-state index is 12.8. The molecule has 0 aliphatic rings. The molecule has 0 bridgehead atoms. The fraction of sp³-hybridized carbons (Fsp3) is 0.200. The first-order chi connectivity index (χ1) is 16.7. The molecule has 0 amide bonds. The Bertz CT molecular complexity index is 1450. The first kappa shape index (κ1) is 25.1. The van der Waals surface area contributed by atoms with Gasteiger partial charge < -0.3 is 9.15 Å². The number of Topliss-reactive ketones (excluding diaryl/α,β-unsaturated/α-hetero) is 1. The Morgan fingerprint density at radius 2 is 1.97 bits per heavy atom. The molecule has 0 aliphatic carbocycles. The lowest BCUT2D eigenvalue weighted by Gasteiger charge is -2.02. The number of nitro groups is 1. The third-order valence-corrected chi connectivity index (χ3v) is 6.41. The molecule has 0 atom stereocenters. The van der Waals surface area contributed by atoms with Gasteiger partial charge in [0.05, 0.1) is 22.7 Å². The Morgan fingerprint density at radius 3 is 2.57 bits per heavy atom. The number of thiophene rings is 1. The standard InChI is InChI=1S/C25H19N3O6S/c1-4-33-25(30)24-15(3)20(13-27)23(35-24)11-21(29)16(12-26)10-18-6-8-22(34-18)19-7-5-17(28(31)32)9-14(19)2/h5-10H,4,11H2,1-3H3/b16-10+. The highest BCUT2D eigenvalue weighted by Gasteiger charge is 2.23. The number of nitro benzene ring substituents is 1. The number of carbonyl (C=O) groups excluding carboxylic acids is 2. The lowest BCUT2D eigenvalue weighted by atomic mass is 10.0. The van der Waals surface area contributed by atoms with E-state index in [1.807, 2.05) is 12.1 Å². The zero-order valence-corrected chi connectivity index (χ0v) is 19.9. The van der Waals surface area contributed by atoms with E-state index in [1.54, 1.807) is 39.0 Å². The highest BCUT2D eigenvalue weighted by molar-refractivity contribution is 7.14. The SMILES string of the molecule is CCOC(=O)c1sc(CC(=O)/C(C#N)=C/c2ccc(-c3ccc([N+](=O)[O-])cc3C)o2)c(C#N)c1C. The van der Waals surface area contributed by atoms with Crippen LogP contribution in [0.15, 0.2) is 40.3 Å². The molecule has 0 aliphatic heterocycles. The maximum atomic E-state index is 12.8. The topological polar surface area (TPSA) is 147 Å². The van der Waals surface area contributed by atoms with Gasteiger partial charge in [-0.25, -0.2) is 4.79 Å². The van der Waals surface area contributed by atoms with Gasteiger partial charge in [0.25, 0.3) is 5.69 Å². The summed E-state index contributed by atoms with van der Waals surface area (Å²) >= 11 is 1.00. The number of ketones is 1. The normalized spacial score (nSPS) is 10.9. The number of esters is 1. The Balaban J connectivity index is 1.86. The van der Waals surface area contributed by atoms with Gasteiger partial charge in [0.15, 0.2) is 5.78 Å². The molecule has 9 nitrogen and oxygen atoms in total. The molecule has 0 fully saturated rings. The van der Waals surface area contributed by atoms with Crippen molar-refractivity contribution < 1.29 is 23.7 Å². The van der Waals surface area contributed by atoms with E-state index in [0.29, 0.717) is 27.3 Å². The third-order valence-electron chi connectivity index (χ3n) is 5.13. The minimum Gasteiger partial charge on any atom is -0.462 e. The minimum atomic E-state index is -0.564. The largest absolute Gasteiger partial charge is 0.462 e. The van der Waals surface area contributed by atoms with E-state index in [1.165, 1.54) is 18.2 Å². The van der Waals surface area contributed by atoms with Crippen molar-refractivity contribution in [3.8, 4) is 23.5 Å². The molecule has 10 heteroatoms. The average Bonchev–Trinajstić information content (AvgIpc) is 3.41. The van der Waals surface area contributed by atoms with Crippen molar-refractivity contribution in [1.29, 1.82) is 10.5 Å². The van der Waals surface area contributed by atoms with Crippen LogP contribution in [0.4, 0.5) is 5.69 Å². The second-order valence-electron chi connectivity index (χ2n) is 7.41. The van der Waals surface area contributed by atoms with Crippen molar-refractivity contribution in [2.24, 2.45) is 0 Å². The summed E-state index contributed by atoms with van der Waals surface area (Å²) in [7, 11) is 0. The van der Waals surface area contributed by atoms with E-state index in [2.05, 4.69) is 0 Å². The zero-order chi connectivity index (χ0) is 25.7. The second kappa shape index (κ2) is 10.6. The van der Waals surface area contributed by atoms with E-state index in [4.69, 9.17) is 9.15 Å². The Kier molecular flexibility index (Phi) is 7.59. The fourth-order valence-electron chi connectivity index (χ4n) is 3.41. The maximum Gasteiger partial charge on any atom is 0.348 e. The molecule has 0 saturated heterocycles. The minimum absolute atomic E-state index is 0.0399. The van der Waals surface area contributed by atoms with Gasteiger partial charge in [-0.1, -0.05) is 0 Å². The summed E-state index contributed by atoms with van der Waals surface area (Å²) in [6, 6.07) is 11.5. The molecule has 0 saturated carbocycles. The lowest BCUT2D eigenvalue weighted by molar-refractivity contribution is -0.384. The molecule has 0 unspecified atom stereocenters. The van der Waals surface area contributed by atoms with Crippen molar-refractivity contribution in [3.63, 3.8) is 0 Å². The molecule has 0 spiro atoms. The molecule has 3 aromatic rings. The van der Waals surface area contributed by atoms with Crippen LogP contribution < -0.4 is 0 Å². The van der Waals surface area contributed by atoms with E-state index < -0.39 is 16.7 Å². The number of hydrogen-bond acceptors (Lipinski definition) is 9. The summed E-state index contributed by atoms with van der Waals surface area (Å²) in [6.07, 6.45) is 1.06. The zero-order valence-electron chi connectivity index (χ0n) is 19.1. The monoisotopic (exact) mass is 489 g/mol. The van der Waals surface area contributed by atoms with Crippen molar-refractivity contribution in [2.45, 2.75) is 27.2 Å². The fourth-order valence-corrected chi connectivity index (χ4v) is 4.55. The smallest absolute Gasteiger partial charge is 0.348 e. The quantitative estimate of drug-likeness (QED) is 0.136. The number of rotatable bonds is 8.